The van der Waals surface area contributed by atoms with E-state index in [1.165, 1.54) is 5.57 Å². The van der Waals surface area contributed by atoms with Crippen molar-refractivity contribution in [1.29, 1.82) is 0 Å². The van der Waals surface area contributed by atoms with Crippen LogP contribution in [0.1, 0.15) is 44.1 Å². The number of hydrogen-bond donors (Lipinski definition) is 1. The average Bonchev–Trinajstić information content (AvgIpc) is 2.51. The molecule has 0 aliphatic heterocycles. The van der Waals surface area contributed by atoms with Crippen LogP contribution >= 0.6 is 0 Å². The first-order valence-electron chi connectivity index (χ1n) is 8.82. The van der Waals surface area contributed by atoms with Crippen molar-refractivity contribution in [3.8, 4) is 0 Å². The van der Waals surface area contributed by atoms with Gasteiger partial charge in [-0.1, -0.05) is 42.0 Å². The number of benzene rings is 1. The Morgan fingerprint density at radius 2 is 1.83 bits per heavy atom. The van der Waals surface area contributed by atoms with E-state index >= 15 is 0 Å². The molecule has 0 saturated heterocycles. The van der Waals surface area contributed by atoms with E-state index in [1.54, 1.807) is 6.08 Å². The van der Waals surface area contributed by atoms with Crippen LogP contribution < -0.4 is 0 Å². The van der Waals surface area contributed by atoms with Gasteiger partial charge in [-0.2, -0.15) is 0 Å². The fourth-order valence-electron chi connectivity index (χ4n) is 5.44. The molecule has 0 aromatic heterocycles. The SMILES string of the molecule is C=CC[C@@](O)(C=C1[C@@H]2CC3C[C@H]1CC(F)(C3)C2)c1ccccc1. The lowest BCUT2D eigenvalue weighted by Gasteiger charge is -2.54. The fourth-order valence-corrected chi connectivity index (χ4v) is 5.44. The maximum absolute atomic E-state index is 14.9. The van der Waals surface area contributed by atoms with Crippen molar-refractivity contribution >= 4 is 0 Å². The Kier molecular flexibility index (Phi) is 3.49. The molecule has 0 amide bonds. The third-order valence-corrected chi connectivity index (χ3v) is 6.19. The van der Waals surface area contributed by atoms with Gasteiger partial charge in [0, 0.05) is 6.42 Å². The highest BCUT2D eigenvalue weighted by atomic mass is 19.1. The van der Waals surface area contributed by atoms with Crippen LogP contribution in [-0.4, -0.2) is 10.8 Å². The van der Waals surface area contributed by atoms with Gasteiger partial charge in [0.1, 0.15) is 11.3 Å². The van der Waals surface area contributed by atoms with Crippen LogP contribution in [0.2, 0.25) is 0 Å². The Hall–Kier alpha value is -1.41. The van der Waals surface area contributed by atoms with E-state index in [9.17, 15) is 9.50 Å². The maximum Gasteiger partial charge on any atom is 0.112 e. The molecule has 1 aromatic rings. The summed E-state index contributed by atoms with van der Waals surface area (Å²) in [4.78, 5) is 0. The maximum atomic E-state index is 14.9. The minimum absolute atomic E-state index is 0.325. The van der Waals surface area contributed by atoms with Gasteiger partial charge in [-0.05, 0) is 61.5 Å². The molecule has 4 saturated carbocycles. The fraction of sp³-hybridized carbons (Fsp3) is 0.524. The second-order valence-corrected chi connectivity index (χ2v) is 7.92. The van der Waals surface area contributed by atoms with Crippen molar-refractivity contribution in [1.82, 2.24) is 0 Å². The molecule has 2 unspecified atom stereocenters. The summed E-state index contributed by atoms with van der Waals surface area (Å²) >= 11 is 0. The molecule has 4 aliphatic carbocycles. The molecule has 4 aliphatic rings. The van der Waals surface area contributed by atoms with Crippen LogP contribution in [0.5, 0.6) is 0 Å². The first-order valence-corrected chi connectivity index (χ1v) is 8.82. The molecule has 4 bridgehead atoms. The second kappa shape index (κ2) is 5.31. The van der Waals surface area contributed by atoms with Gasteiger partial charge < -0.3 is 5.11 Å². The molecule has 0 spiro atoms. The summed E-state index contributed by atoms with van der Waals surface area (Å²) in [6.07, 6.45) is 8.61. The van der Waals surface area contributed by atoms with E-state index in [0.717, 1.165) is 24.8 Å². The molecular formula is C21H25FO. The van der Waals surface area contributed by atoms with E-state index < -0.39 is 11.3 Å². The minimum Gasteiger partial charge on any atom is -0.381 e. The summed E-state index contributed by atoms with van der Waals surface area (Å²) in [7, 11) is 0. The normalized spacial score (nSPS) is 39.4. The third-order valence-electron chi connectivity index (χ3n) is 6.19. The van der Waals surface area contributed by atoms with Crippen molar-refractivity contribution in [2.24, 2.45) is 17.8 Å². The topological polar surface area (TPSA) is 20.2 Å². The predicted octanol–water partition coefficient (Wildman–Crippen LogP) is 4.92. The molecule has 23 heavy (non-hydrogen) atoms. The van der Waals surface area contributed by atoms with Gasteiger partial charge in [0.15, 0.2) is 0 Å². The lowest BCUT2D eigenvalue weighted by molar-refractivity contribution is -0.0430. The van der Waals surface area contributed by atoms with E-state index in [4.69, 9.17) is 0 Å². The van der Waals surface area contributed by atoms with Crippen molar-refractivity contribution in [3.05, 3.63) is 60.2 Å². The van der Waals surface area contributed by atoms with Gasteiger partial charge in [0.05, 0.1) is 0 Å². The number of halogens is 1. The molecule has 1 N–H and O–H groups in total. The smallest absolute Gasteiger partial charge is 0.112 e. The Morgan fingerprint density at radius 3 is 2.39 bits per heavy atom. The summed E-state index contributed by atoms with van der Waals surface area (Å²) in [5, 5.41) is 11.3. The van der Waals surface area contributed by atoms with Crippen LogP contribution in [0.3, 0.4) is 0 Å². The zero-order chi connectivity index (χ0) is 16.1. The molecule has 5 rings (SSSR count). The Labute approximate surface area is 137 Å². The van der Waals surface area contributed by atoms with Gasteiger partial charge in [0.2, 0.25) is 0 Å². The van der Waals surface area contributed by atoms with Crippen LogP contribution in [0.15, 0.2) is 54.6 Å². The second-order valence-electron chi connectivity index (χ2n) is 7.92. The van der Waals surface area contributed by atoms with Crippen LogP contribution in [0.25, 0.3) is 0 Å². The van der Waals surface area contributed by atoms with Gasteiger partial charge in [-0.3, -0.25) is 0 Å². The largest absolute Gasteiger partial charge is 0.381 e. The predicted molar refractivity (Wildman–Crippen MR) is 90.6 cm³/mol. The Morgan fingerprint density at radius 1 is 1.17 bits per heavy atom. The standard InChI is InChI=1S/C21H25FO/c1-2-8-21(23,18-6-4-3-5-7-18)14-19-16-9-15-10-17(19)13-20(22,11-15)12-16/h2-7,14-17,23H,1,8-13H2/t15?,16-,17+,20?,21-/m1/s1. The molecule has 0 radical (unpaired) electrons. The van der Waals surface area contributed by atoms with Gasteiger partial charge >= 0.3 is 0 Å². The van der Waals surface area contributed by atoms with E-state index in [1.807, 2.05) is 30.3 Å². The number of aliphatic hydroxyl groups is 1. The Balaban J connectivity index is 1.71. The molecule has 1 aromatic carbocycles. The molecule has 4 fully saturated rings. The van der Waals surface area contributed by atoms with Crippen LogP contribution in [-0.2, 0) is 5.60 Å². The first kappa shape index (κ1) is 15.1. The van der Waals surface area contributed by atoms with Gasteiger partial charge in [-0.25, -0.2) is 4.39 Å². The lowest BCUT2D eigenvalue weighted by atomic mass is 9.52. The van der Waals surface area contributed by atoms with Crippen molar-refractivity contribution < 1.29 is 9.50 Å². The van der Waals surface area contributed by atoms with Gasteiger partial charge in [0.25, 0.3) is 0 Å². The highest BCUT2D eigenvalue weighted by Crippen LogP contribution is 2.60. The summed E-state index contributed by atoms with van der Waals surface area (Å²) in [5.74, 6) is 1.21. The zero-order valence-corrected chi connectivity index (χ0v) is 13.5. The minimum atomic E-state index is -1.02. The Bertz CT molecular complexity index is 617. The third kappa shape index (κ3) is 2.57. The molecule has 5 atom stereocenters. The molecule has 2 heteroatoms. The zero-order valence-electron chi connectivity index (χ0n) is 13.5. The van der Waals surface area contributed by atoms with E-state index in [0.29, 0.717) is 37.0 Å². The summed E-state index contributed by atoms with van der Waals surface area (Å²) < 4.78 is 14.9. The molecule has 0 heterocycles. The first-order chi connectivity index (χ1) is 11.0. The summed E-state index contributed by atoms with van der Waals surface area (Å²) in [6, 6.07) is 9.80. The molecule has 1 nitrogen and oxygen atoms in total. The van der Waals surface area contributed by atoms with Crippen molar-refractivity contribution in [3.63, 3.8) is 0 Å². The van der Waals surface area contributed by atoms with Gasteiger partial charge in [-0.15, -0.1) is 6.58 Å². The quantitative estimate of drug-likeness (QED) is 0.782. The molecular weight excluding hydrogens is 287 g/mol. The number of alkyl halides is 1. The van der Waals surface area contributed by atoms with Crippen molar-refractivity contribution in [2.75, 3.05) is 0 Å². The number of allylic oxidation sites excluding steroid dienone is 1. The van der Waals surface area contributed by atoms with E-state index in [-0.39, 0.29) is 0 Å². The average molecular weight is 312 g/mol. The van der Waals surface area contributed by atoms with Crippen LogP contribution in [0.4, 0.5) is 4.39 Å². The summed E-state index contributed by atoms with van der Waals surface area (Å²) in [6.45, 7) is 3.82. The van der Waals surface area contributed by atoms with Crippen molar-refractivity contribution in [2.45, 2.75) is 49.8 Å². The molecule has 122 valence electrons. The lowest BCUT2D eigenvalue weighted by Crippen LogP contribution is -2.49. The number of rotatable bonds is 4. The van der Waals surface area contributed by atoms with E-state index in [2.05, 4.69) is 12.7 Å². The summed E-state index contributed by atoms with van der Waals surface area (Å²) in [5.41, 5.74) is 0.257. The highest BCUT2D eigenvalue weighted by Gasteiger charge is 2.54. The van der Waals surface area contributed by atoms with Crippen LogP contribution in [0, 0.1) is 17.8 Å². The highest BCUT2D eigenvalue weighted by molar-refractivity contribution is 5.34. The monoisotopic (exact) mass is 312 g/mol. The number of hydrogen-bond acceptors (Lipinski definition) is 1.